The second kappa shape index (κ2) is 6.69. The third kappa shape index (κ3) is 3.61. The van der Waals surface area contributed by atoms with Gasteiger partial charge in [0, 0.05) is 38.6 Å². The Labute approximate surface area is 133 Å². The number of carbonyl (C=O) groups is 1. The zero-order chi connectivity index (χ0) is 15.5. The van der Waals surface area contributed by atoms with Crippen LogP contribution in [0.2, 0.25) is 0 Å². The predicted molar refractivity (Wildman–Crippen MR) is 86.7 cm³/mol. The van der Waals surface area contributed by atoms with Crippen LogP contribution < -0.4 is 4.74 Å². The molecule has 0 spiro atoms. The lowest BCUT2D eigenvalue weighted by Crippen LogP contribution is -2.48. The van der Waals surface area contributed by atoms with E-state index >= 15 is 0 Å². The van der Waals surface area contributed by atoms with E-state index in [0.29, 0.717) is 24.3 Å². The summed E-state index contributed by atoms with van der Waals surface area (Å²) in [5, 5.41) is 0. The number of nitrogens with zero attached hydrogens (tertiary/aromatic N) is 2. The van der Waals surface area contributed by atoms with Gasteiger partial charge >= 0.3 is 0 Å². The van der Waals surface area contributed by atoms with Crippen molar-refractivity contribution in [3.8, 4) is 5.75 Å². The molecule has 1 saturated carbocycles. The van der Waals surface area contributed by atoms with E-state index in [1.54, 1.807) is 0 Å². The summed E-state index contributed by atoms with van der Waals surface area (Å²) in [5.41, 5.74) is 1.30. The number of hydrogen-bond donors (Lipinski definition) is 0. The van der Waals surface area contributed by atoms with Crippen LogP contribution in [0.1, 0.15) is 25.8 Å². The third-order valence-corrected chi connectivity index (χ3v) is 4.75. The minimum atomic E-state index is 0.317. The van der Waals surface area contributed by atoms with E-state index in [1.165, 1.54) is 5.56 Å². The molecule has 2 atom stereocenters. The first-order chi connectivity index (χ1) is 10.7. The Bertz CT molecular complexity index is 506. The first kappa shape index (κ1) is 15.3. The number of piperazine rings is 1. The average molecular weight is 302 g/mol. The van der Waals surface area contributed by atoms with Gasteiger partial charge in [-0.25, -0.2) is 0 Å². The summed E-state index contributed by atoms with van der Waals surface area (Å²) in [6, 6.07) is 8.34. The molecule has 4 nitrogen and oxygen atoms in total. The fourth-order valence-corrected chi connectivity index (χ4v) is 3.14. The standard InChI is InChI=1S/C18H26N2O2/c1-3-22-16-6-4-15(5-7-16)13-19-8-10-20(11-9-19)18(21)17-12-14(17)2/h4-7,14,17H,3,8-13H2,1-2H3. The molecule has 2 unspecified atom stereocenters. The Morgan fingerprint density at radius 1 is 1.18 bits per heavy atom. The third-order valence-electron chi connectivity index (χ3n) is 4.75. The highest BCUT2D eigenvalue weighted by molar-refractivity contribution is 5.81. The van der Waals surface area contributed by atoms with Crippen LogP contribution in [-0.4, -0.2) is 48.5 Å². The summed E-state index contributed by atoms with van der Waals surface area (Å²) in [6.07, 6.45) is 1.09. The first-order valence-corrected chi connectivity index (χ1v) is 8.40. The van der Waals surface area contributed by atoms with E-state index in [0.717, 1.165) is 44.9 Å². The van der Waals surface area contributed by atoms with Crippen LogP contribution in [0.4, 0.5) is 0 Å². The molecule has 1 aliphatic heterocycles. The molecule has 1 heterocycles. The molecular formula is C18H26N2O2. The smallest absolute Gasteiger partial charge is 0.226 e. The topological polar surface area (TPSA) is 32.8 Å². The lowest BCUT2D eigenvalue weighted by atomic mass is 10.2. The summed E-state index contributed by atoms with van der Waals surface area (Å²) < 4.78 is 5.47. The molecule has 1 amide bonds. The minimum Gasteiger partial charge on any atom is -0.494 e. The highest BCUT2D eigenvalue weighted by atomic mass is 16.5. The van der Waals surface area contributed by atoms with Crippen LogP contribution in [0.5, 0.6) is 5.75 Å². The summed E-state index contributed by atoms with van der Waals surface area (Å²) in [5.74, 6) is 2.24. The molecule has 4 heteroatoms. The molecule has 22 heavy (non-hydrogen) atoms. The summed E-state index contributed by atoms with van der Waals surface area (Å²) >= 11 is 0. The van der Waals surface area contributed by atoms with Crippen molar-refractivity contribution in [2.75, 3.05) is 32.8 Å². The van der Waals surface area contributed by atoms with Crippen molar-refractivity contribution in [2.24, 2.45) is 11.8 Å². The molecule has 0 bridgehead atoms. The van der Waals surface area contributed by atoms with Gasteiger partial charge in [0.2, 0.25) is 5.91 Å². The van der Waals surface area contributed by atoms with Crippen molar-refractivity contribution < 1.29 is 9.53 Å². The summed E-state index contributed by atoms with van der Waals surface area (Å²) in [4.78, 5) is 16.7. The van der Waals surface area contributed by atoms with Crippen LogP contribution >= 0.6 is 0 Å². The van der Waals surface area contributed by atoms with Crippen molar-refractivity contribution in [3.63, 3.8) is 0 Å². The fourth-order valence-electron chi connectivity index (χ4n) is 3.14. The number of ether oxygens (including phenoxy) is 1. The van der Waals surface area contributed by atoms with Crippen LogP contribution in [0, 0.1) is 11.8 Å². The van der Waals surface area contributed by atoms with Gasteiger partial charge in [-0.2, -0.15) is 0 Å². The molecule has 3 rings (SSSR count). The van der Waals surface area contributed by atoms with Crippen molar-refractivity contribution in [3.05, 3.63) is 29.8 Å². The largest absolute Gasteiger partial charge is 0.494 e. The monoisotopic (exact) mass is 302 g/mol. The number of carbonyl (C=O) groups excluding carboxylic acids is 1. The van der Waals surface area contributed by atoms with Crippen molar-refractivity contribution in [1.29, 1.82) is 0 Å². The van der Waals surface area contributed by atoms with E-state index in [4.69, 9.17) is 4.74 Å². The Balaban J connectivity index is 1.46. The number of hydrogen-bond acceptors (Lipinski definition) is 3. The first-order valence-electron chi connectivity index (χ1n) is 8.40. The van der Waals surface area contributed by atoms with Gasteiger partial charge < -0.3 is 9.64 Å². The average Bonchev–Trinajstić information content (AvgIpc) is 3.26. The van der Waals surface area contributed by atoms with Crippen LogP contribution in [0.15, 0.2) is 24.3 Å². The lowest BCUT2D eigenvalue weighted by molar-refractivity contribution is -0.134. The highest BCUT2D eigenvalue weighted by Gasteiger charge is 2.41. The Kier molecular flexibility index (Phi) is 4.67. The van der Waals surface area contributed by atoms with Crippen molar-refractivity contribution in [2.45, 2.75) is 26.8 Å². The number of benzene rings is 1. The van der Waals surface area contributed by atoms with Crippen LogP contribution in [0.25, 0.3) is 0 Å². The molecular weight excluding hydrogens is 276 g/mol. The maximum absolute atomic E-state index is 12.2. The van der Waals surface area contributed by atoms with Crippen LogP contribution in [-0.2, 0) is 11.3 Å². The molecule has 2 fully saturated rings. The molecule has 2 aliphatic rings. The van der Waals surface area contributed by atoms with Gasteiger partial charge in [0.05, 0.1) is 6.61 Å². The SMILES string of the molecule is CCOc1ccc(CN2CCN(C(=O)C3CC3C)CC2)cc1. The van der Waals surface area contributed by atoms with Gasteiger partial charge in [-0.1, -0.05) is 19.1 Å². The number of rotatable bonds is 5. The lowest BCUT2D eigenvalue weighted by Gasteiger charge is -2.35. The van der Waals surface area contributed by atoms with Crippen molar-refractivity contribution >= 4 is 5.91 Å². The Morgan fingerprint density at radius 3 is 2.36 bits per heavy atom. The van der Waals surface area contributed by atoms with E-state index < -0.39 is 0 Å². The van der Waals surface area contributed by atoms with Crippen LogP contribution in [0.3, 0.4) is 0 Å². The predicted octanol–water partition coefficient (Wildman–Crippen LogP) is 2.39. The molecule has 1 aliphatic carbocycles. The normalized spacial score (nSPS) is 25.1. The van der Waals surface area contributed by atoms with E-state index in [1.807, 2.05) is 19.1 Å². The van der Waals surface area contributed by atoms with Gasteiger partial charge in [-0.15, -0.1) is 0 Å². The molecule has 1 saturated heterocycles. The minimum absolute atomic E-state index is 0.317. The molecule has 0 aromatic heterocycles. The zero-order valence-corrected chi connectivity index (χ0v) is 13.6. The fraction of sp³-hybridized carbons (Fsp3) is 0.611. The van der Waals surface area contributed by atoms with E-state index in [-0.39, 0.29) is 0 Å². The molecule has 1 aromatic rings. The molecule has 1 aromatic carbocycles. The zero-order valence-electron chi connectivity index (χ0n) is 13.6. The van der Waals surface area contributed by atoms with Gasteiger partial charge in [0.25, 0.3) is 0 Å². The van der Waals surface area contributed by atoms with Gasteiger partial charge in [-0.3, -0.25) is 9.69 Å². The molecule has 0 N–H and O–H groups in total. The summed E-state index contributed by atoms with van der Waals surface area (Å²) in [7, 11) is 0. The van der Waals surface area contributed by atoms with Gasteiger partial charge in [-0.05, 0) is 37.0 Å². The summed E-state index contributed by atoms with van der Waals surface area (Å²) in [6.45, 7) is 9.52. The maximum Gasteiger partial charge on any atom is 0.226 e. The van der Waals surface area contributed by atoms with E-state index in [9.17, 15) is 4.79 Å². The number of amides is 1. The van der Waals surface area contributed by atoms with Crippen molar-refractivity contribution in [1.82, 2.24) is 9.80 Å². The highest BCUT2D eigenvalue weighted by Crippen LogP contribution is 2.39. The molecule has 0 radical (unpaired) electrons. The van der Waals surface area contributed by atoms with E-state index in [2.05, 4.69) is 28.9 Å². The molecule has 120 valence electrons. The maximum atomic E-state index is 12.2. The quantitative estimate of drug-likeness (QED) is 0.837. The Morgan fingerprint density at radius 2 is 1.82 bits per heavy atom. The van der Waals surface area contributed by atoms with Gasteiger partial charge in [0.1, 0.15) is 5.75 Å². The second-order valence-corrected chi connectivity index (χ2v) is 6.50. The Hall–Kier alpha value is -1.55. The second-order valence-electron chi connectivity index (χ2n) is 6.50. The van der Waals surface area contributed by atoms with Gasteiger partial charge in [0.15, 0.2) is 0 Å².